The summed E-state index contributed by atoms with van der Waals surface area (Å²) in [5.74, 6) is 1.74. The van der Waals surface area contributed by atoms with Crippen LogP contribution in [0.2, 0.25) is 0 Å². The van der Waals surface area contributed by atoms with E-state index in [0.717, 1.165) is 12.4 Å². The molecule has 16 heavy (non-hydrogen) atoms. The van der Waals surface area contributed by atoms with E-state index in [0.29, 0.717) is 5.92 Å². The van der Waals surface area contributed by atoms with Crippen LogP contribution in [-0.4, -0.2) is 30.6 Å². The Morgan fingerprint density at radius 3 is 3.06 bits per heavy atom. The van der Waals surface area contributed by atoms with Crippen LogP contribution in [0.25, 0.3) is 0 Å². The minimum Gasteiger partial charge on any atom is -0.491 e. The molecule has 2 aliphatic rings. The Balaban J connectivity index is 2.10. The third-order valence-electron chi connectivity index (χ3n) is 4.44. The summed E-state index contributed by atoms with van der Waals surface area (Å²) in [4.78, 5) is 2.45. The van der Waals surface area contributed by atoms with Crippen LogP contribution in [0, 0.1) is 6.92 Å². The average molecular weight is 217 g/mol. The number of rotatable bonds is 0. The SMILES string of the molecule is Cc1ccc2c(c1)[C@@H]1CCN(C)[C@]1(C)CO2. The van der Waals surface area contributed by atoms with Crippen molar-refractivity contribution in [3.63, 3.8) is 0 Å². The maximum absolute atomic E-state index is 5.92. The summed E-state index contributed by atoms with van der Waals surface area (Å²) in [6, 6.07) is 6.57. The fourth-order valence-corrected chi connectivity index (χ4v) is 3.15. The summed E-state index contributed by atoms with van der Waals surface area (Å²) >= 11 is 0. The van der Waals surface area contributed by atoms with Crippen molar-refractivity contribution >= 4 is 0 Å². The molecule has 0 aliphatic carbocycles. The first-order chi connectivity index (χ1) is 7.61. The van der Waals surface area contributed by atoms with E-state index in [2.05, 4.69) is 44.0 Å². The lowest BCUT2D eigenvalue weighted by Gasteiger charge is -2.41. The Kier molecular flexibility index (Phi) is 2.05. The molecule has 0 bridgehead atoms. The van der Waals surface area contributed by atoms with Gasteiger partial charge in [0.25, 0.3) is 0 Å². The molecular formula is C14H19NO. The topological polar surface area (TPSA) is 12.5 Å². The van der Waals surface area contributed by atoms with Gasteiger partial charge in [0, 0.05) is 5.92 Å². The van der Waals surface area contributed by atoms with Crippen LogP contribution in [0.1, 0.15) is 30.4 Å². The van der Waals surface area contributed by atoms with Crippen LogP contribution in [0.3, 0.4) is 0 Å². The van der Waals surface area contributed by atoms with Crippen LogP contribution in [0.4, 0.5) is 0 Å². The molecule has 0 amide bonds. The van der Waals surface area contributed by atoms with Crippen LogP contribution in [0.15, 0.2) is 18.2 Å². The Bertz CT molecular complexity index is 429. The molecule has 2 atom stereocenters. The van der Waals surface area contributed by atoms with Crippen LogP contribution < -0.4 is 4.74 Å². The number of aryl methyl sites for hydroxylation is 1. The molecular weight excluding hydrogens is 198 g/mol. The molecule has 0 unspecified atom stereocenters. The van der Waals surface area contributed by atoms with E-state index in [4.69, 9.17) is 4.74 Å². The molecule has 2 nitrogen and oxygen atoms in total. The highest BCUT2D eigenvalue weighted by Gasteiger charge is 2.47. The average Bonchev–Trinajstić information content (AvgIpc) is 2.56. The molecule has 1 fully saturated rings. The summed E-state index contributed by atoms with van der Waals surface area (Å²) in [6.45, 7) is 6.49. The Labute approximate surface area is 97.2 Å². The van der Waals surface area contributed by atoms with Gasteiger partial charge in [-0.25, -0.2) is 0 Å². The van der Waals surface area contributed by atoms with Crippen molar-refractivity contribution in [3.05, 3.63) is 29.3 Å². The van der Waals surface area contributed by atoms with Crippen molar-refractivity contribution in [2.75, 3.05) is 20.2 Å². The second-order valence-corrected chi connectivity index (χ2v) is 5.45. The molecule has 0 N–H and O–H groups in total. The third-order valence-corrected chi connectivity index (χ3v) is 4.44. The summed E-state index contributed by atoms with van der Waals surface area (Å²) in [6.07, 6.45) is 1.26. The summed E-state index contributed by atoms with van der Waals surface area (Å²) < 4.78 is 5.92. The Morgan fingerprint density at radius 1 is 1.44 bits per heavy atom. The van der Waals surface area contributed by atoms with Crippen molar-refractivity contribution < 1.29 is 4.74 Å². The van der Waals surface area contributed by atoms with Gasteiger partial charge in [-0.3, -0.25) is 4.90 Å². The molecule has 0 aromatic heterocycles. The first kappa shape index (κ1) is 10.2. The van der Waals surface area contributed by atoms with Gasteiger partial charge in [-0.05, 0) is 45.5 Å². The number of benzene rings is 1. The molecule has 2 heteroatoms. The van der Waals surface area contributed by atoms with Crippen molar-refractivity contribution in [1.82, 2.24) is 4.90 Å². The first-order valence-electron chi connectivity index (χ1n) is 6.06. The molecule has 2 aliphatic heterocycles. The normalized spacial score (nSPS) is 33.1. The summed E-state index contributed by atoms with van der Waals surface area (Å²) in [7, 11) is 2.21. The summed E-state index contributed by atoms with van der Waals surface area (Å²) in [5, 5.41) is 0. The predicted molar refractivity (Wildman–Crippen MR) is 65.1 cm³/mol. The zero-order valence-corrected chi connectivity index (χ0v) is 10.3. The van der Waals surface area contributed by atoms with E-state index >= 15 is 0 Å². The van der Waals surface area contributed by atoms with Crippen LogP contribution in [-0.2, 0) is 0 Å². The van der Waals surface area contributed by atoms with E-state index in [1.54, 1.807) is 0 Å². The number of fused-ring (bicyclic) bond motifs is 3. The van der Waals surface area contributed by atoms with E-state index in [9.17, 15) is 0 Å². The zero-order chi connectivity index (χ0) is 11.3. The van der Waals surface area contributed by atoms with Gasteiger partial charge in [-0.15, -0.1) is 0 Å². The number of ether oxygens (including phenoxy) is 1. The largest absolute Gasteiger partial charge is 0.491 e. The standard InChI is InChI=1S/C14H19NO/c1-10-4-5-13-11(8-10)12-6-7-15(3)14(12,2)9-16-13/h4-5,8,12H,6-7,9H2,1-3H3/t12-,14+/m0/s1. The van der Waals surface area contributed by atoms with Gasteiger partial charge in [-0.1, -0.05) is 17.7 Å². The van der Waals surface area contributed by atoms with E-state index in [1.165, 1.54) is 24.1 Å². The lowest BCUT2D eigenvalue weighted by atomic mass is 9.79. The van der Waals surface area contributed by atoms with Gasteiger partial charge in [-0.2, -0.15) is 0 Å². The second-order valence-electron chi connectivity index (χ2n) is 5.45. The van der Waals surface area contributed by atoms with Gasteiger partial charge in [0.05, 0.1) is 5.54 Å². The first-order valence-corrected chi connectivity index (χ1v) is 6.06. The predicted octanol–water partition coefficient (Wildman–Crippen LogP) is 2.57. The van der Waals surface area contributed by atoms with Crippen LogP contribution in [0.5, 0.6) is 5.75 Å². The van der Waals surface area contributed by atoms with Gasteiger partial charge < -0.3 is 4.74 Å². The molecule has 1 saturated heterocycles. The van der Waals surface area contributed by atoms with Gasteiger partial charge in [0.2, 0.25) is 0 Å². The van der Waals surface area contributed by atoms with Crippen molar-refractivity contribution in [2.24, 2.45) is 0 Å². The fraction of sp³-hybridized carbons (Fsp3) is 0.571. The minimum atomic E-state index is 0.195. The molecule has 0 radical (unpaired) electrons. The molecule has 2 heterocycles. The van der Waals surface area contributed by atoms with Gasteiger partial charge >= 0.3 is 0 Å². The van der Waals surface area contributed by atoms with E-state index in [1.807, 2.05) is 0 Å². The minimum absolute atomic E-state index is 0.195. The Morgan fingerprint density at radius 2 is 2.25 bits per heavy atom. The fourth-order valence-electron chi connectivity index (χ4n) is 3.15. The molecule has 3 rings (SSSR count). The molecule has 1 aromatic carbocycles. The summed E-state index contributed by atoms with van der Waals surface area (Å²) in [5.41, 5.74) is 2.94. The monoisotopic (exact) mass is 217 g/mol. The maximum atomic E-state index is 5.92. The third kappa shape index (κ3) is 1.23. The van der Waals surface area contributed by atoms with E-state index < -0.39 is 0 Å². The number of likely N-dealkylation sites (N-methyl/N-ethyl adjacent to an activating group) is 1. The smallest absolute Gasteiger partial charge is 0.122 e. The van der Waals surface area contributed by atoms with Crippen LogP contribution >= 0.6 is 0 Å². The molecule has 1 aromatic rings. The van der Waals surface area contributed by atoms with Gasteiger partial charge in [0.1, 0.15) is 12.4 Å². The molecule has 86 valence electrons. The highest BCUT2D eigenvalue weighted by molar-refractivity contribution is 5.44. The molecule has 0 saturated carbocycles. The van der Waals surface area contributed by atoms with Gasteiger partial charge in [0.15, 0.2) is 0 Å². The lowest BCUT2D eigenvalue weighted by molar-refractivity contribution is 0.0836. The van der Waals surface area contributed by atoms with E-state index in [-0.39, 0.29) is 5.54 Å². The van der Waals surface area contributed by atoms with Crippen molar-refractivity contribution in [2.45, 2.75) is 31.7 Å². The lowest BCUT2D eigenvalue weighted by Crippen LogP contribution is -2.49. The number of nitrogens with zero attached hydrogens (tertiary/aromatic N) is 1. The zero-order valence-electron chi connectivity index (χ0n) is 10.3. The highest BCUT2D eigenvalue weighted by Crippen LogP contribution is 2.47. The number of likely N-dealkylation sites (tertiary alicyclic amines) is 1. The quantitative estimate of drug-likeness (QED) is 0.662. The second kappa shape index (κ2) is 3.24. The van der Waals surface area contributed by atoms with Crippen molar-refractivity contribution in [1.29, 1.82) is 0 Å². The molecule has 0 spiro atoms. The Hall–Kier alpha value is -1.02. The maximum Gasteiger partial charge on any atom is 0.122 e. The number of hydrogen-bond acceptors (Lipinski definition) is 2. The highest BCUT2D eigenvalue weighted by atomic mass is 16.5. The van der Waals surface area contributed by atoms with Crippen molar-refractivity contribution in [3.8, 4) is 5.75 Å². The number of hydrogen-bond donors (Lipinski definition) is 0.